The highest BCUT2D eigenvalue weighted by molar-refractivity contribution is 7.90. The first kappa shape index (κ1) is 15.2. The van der Waals surface area contributed by atoms with Gasteiger partial charge >= 0.3 is 5.97 Å². The lowest BCUT2D eigenvalue weighted by Gasteiger charge is -2.08. The van der Waals surface area contributed by atoms with E-state index in [-0.39, 0.29) is 11.3 Å². The lowest BCUT2D eigenvalue weighted by atomic mass is 10.1. The monoisotopic (exact) mass is 330 g/mol. The molecule has 0 saturated heterocycles. The minimum absolute atomic E-state index is 0.132. The van der Waals surface area contributed by atoms with Crippen molar-refractivity contribution in [3.8, 4) is 0 Å². The number of carboxylic acids is 1. The summed E-state index contributed by atoms with van der Waals surface area (Å²) in [6.45, 7) is 1.61. The molecular formula is C16H14N2O4S. The molecule has 7 heteroatoms. The van der Waals surface area contributed by atoms with Gasteiger partial charge in [-0.25, -0.2) is 17.4 Å². The van der Waals surface area contributed by atoms with Gasteiger partial charge in [-0.3, -0.25) is 4.79 Å². The lowest BCUT2D eigenvalue weighted by Crippen LogP contribution is -2.14. The van der Waals surface area contributed by atoms with Gasteiger partial charge in [0.05, 0.1) is 22.3 Å². The Morgan fingerprint density at radius 2 is 1.87 bits per heavy atom. The van der Waals surface area contributed by atoms with Crippen LogP contribution in [0.1, 0.15) is 11.4 Å². The molecule has 6 nitrogen and oxygen atoms in total. The van der Waals surface area contributed by atoms with Crippen molar-refractivity contribution in [2.24, 2.45) is 0 Å². The summed E-state index contributed by atoms with van der Waals surface area (Å²) in [4.78, 5) is 15.2. The summed E-state index contributed by atoms with van der Waals surface area (Å²) < 4.78 is 26.8. The fourth-order valence-electron chi connectivity index (χ4n) is 2.51. The second-order valence-electron chi connectivity index (χ2n) is 5.14. The molecule has 0 bridgehead atoms. The minimum Gasteiger partial charge on any atom is -0.481 e. The van der Waals surface area contributed by atoms with Crippen molar-refractivity contribution in [1.29, 1.82) is 0 Å². The number of fused-ring (bicyclic) bond motifs is 1. The Labute approximate surface area is 133 Å². The first-order valence-electron chi connectivity index (χ1n) is 6.90. The predicted octanol–water partition coefficient (Wildman–Crippen LogP) is 2.21. The number of rotatable bonds is 4. The van der Waals surface area contributed by atoms with Gasteiger partial charge in [-0.15, -0.1) is 0 Å². The molecule has 3 rings (SSSR count). The second-order valence-corrected chi connectivity index (χ2v) is 6.92. The molecule has 0 unspecified atom stereocenters. The zero-order chi connectivity index (χ0) is 16.6. The van der Waals surface area contributed by atoms with Gasteiger partial charge in [0, 0.05) is 0 Å². The summed E-state index contributed by atoms with van der Waals surface area (Å²) in [5.74, 6) is -0.617. The zero-order valence-electron chi connectivity index (χ0n) is 12.3. The Morgan fingerprint density at radius 3 is 2.52 bits per heavy atom. The highest BCUT2D eigenvalue weighted by Gasteiger charge is 2.22. The smallest absolute Gasteiger partial charge is 0.307 e. The van der Waals surface area contributed by atoms with E-state index >= 15 is 0 Å². The Kier molecular flexibility index (Phi) is 3.65. The molecule has 1 heterocycles. The number of imidazole rings is 1. The van der Waals surface area contributed by atoms with Crippen LogP contribution < -0.4 is 0 Å². The molecule has 3 aromatic rings. The first-order valence-corrected chi connectivity index (χ1v) is 8.34. The van der Waals surface area contributed by atoms with Crippen molar-refractivity contribution < 1.29 is 18.3 Å². The van der Waals surface area contributed by atoms with Crippen molar-refractivity contribution in [3.63, 3.8) is 0 Å². The molecule has 1 aromatic heterocycles. The van der Waals surface area contributed by atoms with E-state index in [1.165, 1.54) is 16.1 Å². The van der Waals surface area contributed by atoms with Crippen LogP contribution in [0, 0.1) is 6.92 Å². The van der Waals surface area contributed by atoms with E-state index in [1.54, 1.807) is 43.3 Å². The Balaban J connectivity index is 2.19. The maximum Gasteiger partial charge on any atom is 0.307 e. The molecule has 1 N–H and O–H groups in total. The van der Waals surface area contributed by atoms with Crippen LogP contribution in [0.15, 0.2) is 53.4 Å². The van der Waals surface area contributed by atoms with E-state index in [2.05, 4.69) is 4.98 Å². The highest BCUT2D eigenvalue weighted by Crippen LogP contribution is 2.23. The highest BCUT2D eigenvalue weighted by atomic mass is 32.2. The van der Waals surface area contributed by atoms with E-state index in [0.29, 0.717) is 22.4 Å². The van der Waals surface area contributed by atoms with E-state index in [0.717, 1.165) is 0 Å². The molecular weight excluding hydrogens is 316 g/mol. The fourth-order valence-corrected chi connectivity index (χ4v) is 4.02. The van der Waals surface area contributed by atoms with Crippen molar-refractivity contribution in [2.45, 2.75) is 18.2 Å². The van der Waals surface area contributed by atoms with Crippen LogP contribution in [0.25, 0.3) is 11.0 Å². The largest absolute Gasteiger partial charge is 0.481 e. The quantitative estimate of drug-likeness (QED) is 0.792. The number of benzene rings is 2. The average molecular weight is 330 g/mol. The van der Waals surface area contributed by atoms with Gasteiger partial charge in [0.15, 0.2) is 0 Å². The van der Waals surface area contributed by atoms with Crippen LogP contribution in [-0.2, 0) is 21.2 Å². The number of carboxylic acid groups (broad SMARTS) is 1. The topological polar surface area (TPSA) is 89.3 Å². The van der Waals surface area contributed by atoms with E-state index in [9.17, 15) is 13.2 Å². The molecule has 2 aromatic carbocycles. The maximum atomic E-state index is 12.8. The summed E-state index contributed by atoms with van der Waals surface area (Å²) in [7, 11) is -3.75. The van der Waals surface area contributed by atoms with Crippen molar-refractivity contribution in [2.75, 3.05) is 0 Å². The number of aryl methyl sites for hydroxylation is 1. The van der Waals surface area contributed by atoms with E-state index in [4.69, 9.17) is 5.11 Å². The normalized spacial score (nSPS) is 11.7. The molecule has 118 valence electrons. The van der Waals surface area contributed by atoms with E-state index in [1.807, 2.05) is 0 Å². The third-order valence-corrected chi connectivity index (χ3v) is 5.28. The van der Waals surface area contributed by atoms with E-state index < -0.39 is 16.0 Å². The summed E-state index contributed by atoms with van der Waals surface area (Å²) in [5.41, 5.74) is 1.47. The number of carbonyl (C=O) groups is 1. The van der Waals surface area contributed by atoms with Gasteiger partial charge in [0.1, 0.15) is 5.82 Å². The molecule has 0 radical (unpaired) electrons. The zero-order valence-corrected chi connectivity index (χ0v) is 13.1. The second kappa shape index (κ2) is 5.51. The molecule has 0 atom stereocenters. The SMILES string of the molecule is Cc1nc2cc(CC(=O)O)ccc2n1S(=O)(=O)c1ccccc1. The minimum atomic E-state index is -3.75. The first-order chi connectivity index (χ1) is 10.9. The van der Waals surface area contributed by atoms with Gasteiger partial charge in [0.25, 0.3) is 10.0 Å². The van der Waals surface area contributed by atoms with Crippen molar-refractivity contribution >= 4 is 27.0 Å². The molecule has 0 fully saturated rings. The Bertz CT molecular complexity index is 992. The third kappa shape index (κ3) is 2.70. The Hall–Kier alpha value is -2.67. The van der Waals surface area contributed by atoms with Crippen LogP contribution in [0.5, 0.6) is 0 Å². The molecule has 0 spiro atoms. The lowest BCUT2D eigenvalue weighted by molar-refractivity contribution is -0.136. The van der Waals surface area contributed by atoms with Gasteiger partial charge < -0.3 is 5.11 Å². The van der Waals surface area contributed by atoms with Gasteiger partial charge in [-0.05, 0) is 36.8 Å². The Morgan fingerprint density at radius 1 is 1.17 bits per heavy atom. The number of aliphatic carboxylic acids is 1. The van der Waals surface area contributed by atoms with Gasteiger partial charge in [-0.1, -0.05) is 24.3 Å². The molecule has 0 saturated carbocycles. The van der Waals surface area contributed by atoms with Gasteiger partial charge in [-0.2, -0.15) is 0 Å². The third-order valence-electron chi connectivity index (χ3n) is 3.47. The van der Waals surface area contributed by atoms with Gasteiger partial charge in [0.2, 0.25) is 0 Å². The summed E-state index contributed by atoms with van der Waals surface area (Å²) in [5, 5.41) is 8.86. The van der Waals surface area contributed by atoms with Crippen LogP contribution in [0.4, 0.5) is 0 Å². The summed E-state index contributed by atoms with van der Waals surface area (Å²) in [6.07, 6.45) is -0.132. The maximum absolute atomic E-state index is 12.8. The molecule has 23 heavy (non-hydrogen) atoms. The molecule has 0 amide bonds. The number of hydrogen-bond acceptors (Lipinski definition) is 4. The summed E-state index contributed by atoms with van der Waals surface area (Å²) >= 11 is 0. The van der Waals surface area contributed by atoms with Crippen LogP contribution in [-0.4, -0.2) is 28.5 Å². The van der Waals surface area contributed by atoms with Crippen LogP contribution in [0.2, 0.25) is 0 Å². The summed E-state index contributed by atoms with van der Waals surface area (Å²) in [6, 6.07) is 12.9. The number of aromatic nitrogens is 2. The molecule has 0 aliphatic heterocycles. The standard InChI is InChI=1S/C16H14N2O4S/c1-11-17-14-9-12(10-16(19)20)7-8-15(14)18(11)23(21,22)13-5-3-2-4-6-13/h2-9H,10H2,1H3,(H,19,20). The van der Waals surface area contributed by atoms with Crippen molar-refractivity contribution in [3.05, 3.63) is 59.9 Å². The number of nitrogens with zero attached hydrogens (tertiary/aromatic N) is 2. The van der Waals surface area contributed by atoms with Crippen LogP contribution >= 0.6 is 0 Å². The average Bonchev–Trinajstić information content (AvgIpc) is 2.83. The van der Waals surface area contributed by atoms with Crippen molar-refractivity contribution in [1.82, 2.24) is 8.96 Å². The fraction of sp³-hybridized carbons (Fsp3) is 0.125. The van der Waals surface area contributed by atoms with Crippen LogP contribution in [0.3, 0.4) is 0 Å². The molecule has 0 aliphatic carbocycles. The predicted molar refractivity (Wildman–Crippen MR) is 84.8 cm³/mol. The number of hydrogen-bond donors (Lipinski definition) is 1. The molecule has 0 aliphatic rings.